The Morgan fingerprint density at radius 1 is 1.22 bits per heavy atom. The van der Waals surface area contributed by atoms with Gasteiger partial charge in [0.2, 0.25) is 0 Å². The number of nitrogens with one attached hydrogen (secondary N) is 1. The highest BCUT2D eigenvalue weighted by atomic mass is 19.4. The number of aryl methyl sites for hydroxylation is 1. The molecule has 0 bridgehead atoms. The van der Waals surface area contributed by atoms with E-state index in [-0.39, 0.29) is 17.7 Å². The molecule has 0 aliphatic heterocycles. The van der Waals surface area contributed by atoms with Crippen molar-refractivity contribution in [2.24, 2.45) is 0 Å². The minimum absolute atomic E-state index is 0.250. The summed E-state index contributed by atoms with van der Waals surface area (Å²) in [7, 11) is 0. The van der Waals surface area contributed by atoms with Crippen molar-refractivity contribution in [3.8, 4) is 0 Å². The second kappa shape index (κ2) is 6.45. The number of aliphatic hydroxyl groups is 1. The summed E-state index contributed by atoms with van der Waals surface area (Å²) >= 11 is 0. The van der Waals surface area contributed by atoms with E-state index < -0.39 is 24.1 Å². The van der Waals surface area contributed by atoms with Gasteiger partial charge in [-0.25, -0.2) is 0 Å². The van der Waals surface area contributed by atoms with Crippen molar-refractivity contribution < 1.29 is 27.5 Å². The van der Waals surface area contributed by atoms with E-state index in [4.69, 9.17) is 4.42 Å². The summed E-state index contributed by atoms with van der Waals surface area (Å²) in [5.74, 6) is -0.175. The molecule has 7 heteroatoms. The molecule has 0 aliphatic carbocycles. The molecule has 2 aromatic rings. The Balaban J connectivity index is 2.09. The van der Waals surface area contributed by atoms with Crippen molar-refractivity contribution in [2.75, 3.05) is 6.54 Å². The van der Waals surface area contributed by atoms with Crippen LogP contribution in [0.3, 0.4) is 0 Å². The SMILES string of the molecule is Cc1occc1C(=O)NCCC(O)(c1ccccc1)C(F)(F)F. The van der Waals surface area contributed by atoms with E-state index in [2.05, 4.69) is 5.32 Å². The molecule has 124 valence electrons. The predicted octanol–water partition coefficient (Wildman–Crippen LogP) is 3.16. The van der Waals surface area contributed by atoms with Gasteiger partial charge in [-0.2, -0.15) is 13.2 Å². The van der Waals surface area contributed by atoms with E-state index in [0.717, 1.165) is 0 Å². The molecule has 1 atom stereocenters. The van der Waals surface area contributed by atoms with Crippen LogP contribution in [0.15, 0.2) is 47.1 Å². The molecule has 1 aromatic carbocycles. The largest absolute Gasteiger partial charge is 0.469 e. The lowest BCUT2D eigenvalue weighted by molar-refractivity contribution is -0.268. The van der Waals surface area contributed by atoms with Crippen LogP contribution in [0.25, 0.3) is 0 Å². The van der Waals surface area contributed by atoms with Gasteiger partial charge in [-0.3, -0.25) is 4.79 Å². The van der Waals surface area contributed by atoms with E-state index >= 15 is 0 Å². The third-order valence-electron chi connectivity index (χ3n) is 3.60. The third-order valence-corrected chi connectivity index (χ3v) is 3.60. The summed E-state index contributed by atoms with van der Waals surface area (Å²) in [6.45, 7) is 1.24. The lowest BCUT2D eigenvalue weighted by Gasteiger charge is -2.31. The second-order valence-electron chi connectivity index (χ2n) is 5.12. The summed E-state index contributed by atoms with van der Waals surface area (Å²) in [6, 6.07) is 8.23. The number of hydrogen-bond donors (Lipinski definition) is 2. The van der Waals surface area contributed by atoms with Gasteiger partial charge in [0.25, 0.3) is 5.91 Å². The third kappa shape index (κ3) is 3.56. The number of benzene rings is 1. The van der Waals surface area contributed by atoms with Gasteiger partial charge in [-0.05, 0) is 18.6 Å². The Morgan fingerprint density at radius 2 is 1.87 bits per heavy atom. The highest BCUT2D eigenvalue weighted by Gasteiger charge is 2.54. The summed E-state index contributed by atoms with van der Waals surface area (Å²) in [5.41, 5.74) is -3.03. The van der Waals surface area contributed by atoms with Crippen molar-refractivity contribution in [1.29, 1.82) is 0 Å². The molecular weight excluding hydrogens is 311 g/mol. The van der Waals surface area contributed by atoms with Crippen molar-refractivity contribution in [3.05, 3.63) is 59.5 Å². The van der Waals surface area contributed by atoms with Gasteiger partial charge in [-0.1, -0.05) is 30.3 Å². The quantitative estimate of drug-likeness (QED) is 0.887. The molecule has 1 amide bonds. The lowest BCUT2D eigenvalue weighted by Crippen LogP contribution is -2.45. The first-order chi connectivity index (χ1) is 10.8. The van der Waals surface area contributed by atoms with Crippen LogP contribution >= 0.6 is 0 Å². The Bertz CT molecular complexity index is 667. The van der Waals surface area contributed by atoms with Gasteiger partial charge in [0.1, 0.15) is 5.76 Å². The Labute approximate surface area is 130 Å². The number of carbonyl (C=O) groups is 1. The molecule has 0 radical (unpaired) electrons. The minimum Gasteiger partial charge on any atom is -0.469 e. The number of carbonyl (C=O) groups excluding carboxylic acids is 1. The van der Waals surface area contributed by atoms with Crippen LogP contribution in [0, 0.1) is 6.92 Å². The van der Waals surface area contributed by atoms with Crippen molar-refractivity contribution in [1.82, 2.24) is 5.32 Å². The van der Waals surface area contributed by atoms with Crippen LogP contribution in [-0.4, -0.2) is 23.7 Å². The topological polar surface area (TPSA) is 62.5 Å². The fraction of sp³-hybridized carbons (Fsp3) is 0.312. The Kier molecular flexibility index (Phi) is 4.79. The molecule has 0 saturated carbocycles. The summed E-state index contributed by atoms with van der Waals surface area (Å²) in [5, 5.41) is 12.5. The maximum atomic E-state index is 13.3. The summed E-state index contributed by atoms with van der Waals surface area (Å²) in [4.78, 5) is 11.9. The lowest BCUT2D eigenvalue weighted by atomic mass is 9.89. The highest BCUT2D eigenvalue weighted by molar-refractivity contribution is 5.94. The molecular formula is C16H16F3NO3. The molecule has 0 spiro atoms. The Hall–Kier alpha value is -2.28. The van der Waals surface area contributed by atoms with E-state index in [1.54, 1.807) is 13.0 Å². The van der Waals surface area contributed by atoms with Gasteiger partial charge in [0, 0.05) is 13.0 Å². The number of amides is 1. The molecule has 2 rings (SSSR count). The van der Waals surface area contributed by atoms with Crippen molar-refractivity contribution in [3.63, 3.8) is 0 Å². The van der Waals surface area contributed by atoms with Crippen LogP contribution in [-0.2, 0) is 5.60 Å². The first-order valence-corrected chi connectivity index (χ1v) is 6.92. The smallest absolute Gasteiger partial charge is 0.421 e. The highest BCUT2D eigenvalue weighted by Crippen LogP contribution is 2.41. The van der Waals surface area contributed by atoms with Gasteiger partial charge in [0.15, 0.2) is 5.60 Å². The molecule has 0 aliphatic rings. The van der Waals surface area contributed by atoms with E-state index in [1.807, 2.05) is 0 Å². The van der Waals surface area contributed by atoms with E-state index in [0.29, 0.717) is 5.76 Å². The van der Waals surface area contributed by atoms with Crippen LogP contribution in [0.2, 0.25) is 0 Å². The number of hydrogen-bond acceptors (Lipinski definition) is 3. The predicted molar refractivity (Wildman–Crippen MR) is 76.8 cm³/mol. The van der Waals surface area contributed by atoms with Gasteiger partial charge in [0.05, 0.1) is 11.8 Å². The van der Waals surface area contributed by atoms with Crippen LogP contribution in [0.1, 0.15) is 28.1 Å². The molecule has 4 nitrogen and oxygen atoms in total. The van der Waals surface area contributed by atoms with Crippen LogP contribution < -0.4 is 5.32 Å². The second-order valence-corrected chi connectivity index (χ2v) is 5.12. The zero-order valence-electron chi connectivity index (χ0n) is 12.4. The molecule has 0 fully saturated rings. The van der Waals surface area contributed by atoms with Gasteiger partial charge in [-0.15, -0.1) is 0 Å². The van der Waals surface area contributed by atoms with E-state index in [9.17, 15) is 23.1 Å². The molecule has 1 unspecified atom stereocenters. The van der Waals surface area contributed by atoms with E-state index in [1.165, 1.54) is 36.6 Å². The van der Waals surface area contributed by atoms with Gasteiger partial charge >= 0.3 is 6.18 Å². The fourth-order valence-electron chi connectivity index (χ4n) is 2.24. The average Bonchev–Trinajstić information content (AvgIpc) is 2.93. The fourth-order valence-corrected chi connectivity index (χ4v) is 2.24. The Morgan fingerprint density at radius 3 is 2.39 bits per heavy atom. The number of alkyl halides is 3. The molecule has 23 heavy (non-hydrogen) atoms. The number of rotatable bonds is 5. The monoisotopic (exact) mass is 327 g/mol. The van der Waals surface area contributed by atoms with Gasteiger partial charge < -0.3 is 14.8 Å². The molecule has 2 N–H and O–H groups in total. The van der Waals surface area contributed by atoms with Crippen LogP contribution in [0.5, 0.6) is 0 Å². The van der Waals surface area contributed by atoms with Crippen LogP contribution in [0.4, 0.5) is 13.2 Å². The molecule has 0 saturated heterocycles. The summed E-state index contributed by atoms with van der Waals surface area (Å²) in [6.07, 6.45) is -4.23. The zero-order chi connectivity index (χ0) is 17.1. The standard InChI is InChI=1S/C16H16F3NO3/c1-11-13(7-10-23-11)14(21)20-9-8-15(22,16(17,18)19)12-5-3-2-4-6-12/h2-7,10,22H,8-9H2,1H3,(H,20,21). The summed E-state index contributed by atoms with van der Waals surface area (Å²) < 4.78 is 44.8. The van der Waals surface area contributed by atoms with Crippen molar-refractivity contribution >= 4 is 5.91 Å². The molecule has 1 aromatic heterocycles. The first kappa shape index (κ1) is 17.1. The number of halogens is 3. The minimum atomic E-state index is -4.86. The number of furan rings is 1. The molecule has 1 heterocycles. The zero-order valence-corrected chi connectivity index (χ0v) is 12.4. The first-order valence-electron chi connectivity index (χ1n) is 6.92. The maximum absolute atomic E-state index is 13.3. The average molecular weight is 327 g/mol. The normalized spacial score (nSPS) is 14.3. The maximum Gasteiger partial charge on any atom is 0.421 e. The van der Waals surface area contributed by atoms with Crippen molar-refractivity contribution in [2.45, 2.75) is 25.1 Å².